The van der Waals surface area contributed by atoms with Crippen molar-refractivity contribution in [1.29, 1.82) is 0 Å². The molecular formula is C16H15FN2O3S2. The van der Waals surface area contributed by atoms with Crippen LogP contribution >= 0.6 is 11.8 Å². The largest absolute Gasteiger partial charge is 0.325 e. The van der Waals surface area contributed by atoms with E-state index in [1.165, 1.54) is 42.1 Å². The highest BCUT2D eigenvalue weighted by Crippen LogP contribution is 2.36. The normalized spacial score (nSPS) is 17.6. The van der Waals surface area contributed by atoms with Gasteiger partial charge in [-0.2, -0.15) is 0 Å². The monoisotopic (exact) mass is 366 g/mol. The summed E-state index contributed by atoms with van der Waals surface area (Å²) in [6.45, 7) is 1.94. The molecule has 126 valence electrons. The van der Waals surface area contributed by atoms with Crippen LogP contribution in [-0.4, -0.2) is 19.6 Å². The van der Waals surface area contributed by atoms with Gasteiger partial charge in [-0.25, -0.2) is 12.8 Å². The second kappa shape index (κ2) is 6.45. The maximum Gasteiger partial charge on any atom is 0.261 e. The summed E-state index contributed by atoms with van der Waals surface area (Å²) in [5, 5.41) is 2.84. The van der Waals surface area contributed by atoms with Crippen LogP contribution in [0, 0.1) is 5.82 Å². The van der Waals surface area contributed by atoms with E-state index >= 15 is 0 Å². The van der Waals surface area contributed by atoms with Gasteiger partial charge < -0.3 is 5.32 Å². The molecule has 0 fully saturated rings. The van der Waals surface area contributed by atoms with Crippen molar-refractivity contribution in [2.75, 3.05) is 10.0 Å². The first-order chi connectivity index (χ1) is 11.3. The molecule has 1 amide bonds. The quantitative estimate of drug-likeness (QED) is 0.872. The number of carbonyl (C=O) groups excluding carboxylic acids is 1. The molecule has 0 aliphatic carbocycles. The number of nitrogens with one attached hydrogen (secondary N) is 2. The van der Waals surface area contributed by atoms with Crippen molar-refractivity contribution in [2.45, 2.75) is 28.4 Å². The third kappa shape index (κ3) is 3.70. The smallest absolute Gasteiger partial charge is 0.261 e. The molecule has 0 spiro atoms. The standard InChI is InChI=1S/C16H15FN2O3S2/c1-10-7-16(20)18-14-9-13(5-6-15(14)23-10)24(21,22)19-12-4-2-3-11(17)8-12/h2-6,8-10,19H,7H2,1H3,(H,18,20)/t10-/m1/s1. The molecule has 2 N–H and O–H groups in total. The van der Waals surface area contributed by atoms with Crippen molar-refractivity contribution in [1.82, 2.24) is 0 Å². The van der Waals surface area contributed by atoms with Crippen LogP contribution in [0.15, 0.2) is 52.3 Å². The van der Waals surface area contributed by atoms with Gasteiger partial charge in [0.25, 0.3) is 10.0 Å². The zero-order chi connectivity index (χ0) is 17.3. The average molecular weight is 366 g/mol. The minimum Gasteiger partial charge on any atom is -0.325 e. The summed E-state index contributed by atoms with van der Waals surface area (Å²) in [7, 11) is -3.88. The lowest BCUT2D eigenvalue weighted by atomic mass is 10.3. The van der Waals surface area contributed by atoms with Crippen LogP contribution in [0.2, 0.25) is 0 Å². The van der Waals surface area contributed by atoms with Crippen molar-refractivity contribution < 1.29 is 17.6 Å². The van der Waals surface area contributed by atoms with E-state index in [1.807, 2.05) is 6.92 Å². The SMILES string of the molecule is C[C@@H]1CC(=O)Nc2cc(S(=O)(=O)Nc3cccc(F)c3)ccc2S1. The number of halogens is 1. The lowest BCUT2D eigenvalue weighted by molar-refractivity contribution is -0.116. The van der Waals surface area contributed by atoms with Crippen LogP contribution in [0.5, 0.6) is 0 Å². The molecule has 0 saturated heterocycles. The molecule has 0 bridgehead atoms. The second-order valence-corrected chi connectivity index (χ2v) is 8.62. The summed E-state index contributed by atoms with van der Waals surface area (Å²) in [4.78, 5) is 12.6. The Morgan fingerprint density at radius 1 is 1.25 bits per heavy atom. The molecule has 1 aliphatic heterocycles. The van der Waals surface area contributed by atoms with Crippen molar-refractivity contribution >= 4 is 39.1 Å². The third-order valence-corrected chi connectivity index (χ3v) is 5.97. The number of rotatable bonds is 3. The van der Waals surface area contributed by atoms with Gasteiger partial charge in [0, 0.05) is 16.6 Å². The van der Waals surface area contributed by atoms with Crippen LogP contribution in [0.4, 0.5) is 15.8 Å². The molecule has 5 nitrogen and oxygen atoms in total. The first kappa shape index (κ1) is 16.8. The molecular weight excluding hydrogens is 351 g/mol. The van der Waals surface area contributed by atoms with E-state index in [1.54, 1.807) is 6.07 Å². The Labute approximate surface area is 143 Å². The Balaban J connectivity index is 1.93. The van der Waals surface area contributed by atoms with Crippen molar-refractivity contribution in [3.8, 4) is 0 Å². The molecule has 1 atom stereocenters. The predicted octanol–water partition coefficient (Wildman–Crippen LogP) is 3.45. The van der Waals surface area contributed by atoms with Crippen molar-refractivity contribution in [2.24, 2.45) is 0 Å². The molecule has 2 aromatic rings. The maximum atomic E-state index is 13.2. The molecule has 0 aromatic heterocycles. The predicted molar refractivity (Wildman–Crippen MR) is 92.2 cm³/mol. The average Bonchev–Trinajstić information content (AvgIpc) is 2.62. The van der Waals surface area contributed by atoms with Crippen LogP contribution < -0.4 is 10.0 Å². The van der Waals surface area contributed by atoms with Crippen LogP contribution in [0.25, 0.3) is 0 Å². The highest BCUT2D eigenvalue weighted by Gasteiger charge is 2.22. The zero-order valence-electron chi connectivity index (χ0n) is 12.7. The van der Waals surface area contributed by atoms with Gasteiger partial charge in [-0.15, -0.1) is 11.8 Å². The lowest BCUT2D eigenvalue weighted by Gasteiger charge is -2.12. The summed E-state index contributed by atoms with van der Waals surface area (Å²) in [6.07, 6.45) is 0.364. The summed E-state index contributed by atoms with van der Waals surface area (Å²) < 4.78 is 40.5. The first-order valence-corrected chi connectivity index (χ1v) is 9.59. The Kier molecular flexibility index (Phi) is 4.51. The maximum absolute atomic E-state index is 13.2. The lowest BCUT2D eigenvalue weighted by Crippen LogP contribution is -2.15. The summed E-state index contributed by atoms with van der Waals surface area (Å²) in [6, 6.07) is 9.76. The molecule has 1 aliphatic rings. The van der Waals surface area contributed by atoms with Crippen LogP contribution in [0.1, 0.15) is 13.3 Å². The number of hydrogen-bond donors (Lipinski definition) is 2. The molecule has 24 heavy (non-hydrogen) atoms. The van der Waals surface area contributed by atoms with E-state index < -0.39 is 15.8 Å². The fraction of sp³-hybridized carbons (Fsp3) is 0.188. The van der Waals surface area contributed by atoms with Gasteiger partial charge in [-0.1, -0.05) is 13.0 Å². The minimum atomic E-state index is -3.88. The molecule has 0 unspecified atom stereocenters. The molecule has 3 rings (SSSR count). The van der Waals surface area contributed by atoms with E-state index in [0.29, 0.717) is 12.1 Å². The minimum absolute atomic E-state index is 0.000893. The number of anilines is 2. The van der Waals surface area contributed by atoms with Gasteiger partial charge in [0.15, 0.2) is 0 Å². The van der Waals surface area contributed by atoms with E-state index in [-0.39, 0.29) is 21.7 Å². The molecule has 0 saturated carbocycles. The molecule has 8 heteroatoms. The number of hydrogen-bond acceptors (Lipinski definition) is 4. The number of carbonyl (C=O) groups is 1. The van der Waals surface area contributed by atoms with Gasteiger partial charge in [-0.05, 0) is 36.4 Å². The molecule has 0 radical (unpaired) electrons. The van der Waals surface area contributed by atoms with Crippen LogP contribution in [-0.2, 0) is 14.8 Å². The fourth-order valence-corrected chi connectivity index (χ4v) is 4.49. The number of benzene rings is 2. The van der Waals surface area contributed by atoms with Crippen molar-refractivity contribution in [3.05, 3.63) is 48.3 Å². The number of fused-ring (bicyclic) bond motifs is 1. The molecule has 2 aromatic carbocycles. The fourth-order valence-electron chi connectivity index (χ4n) is 2.36. The Hall–Kier alpha value is -2.06. The van der Waals surface area contributed by atoms with E-state index in [9.17, 15) is 17.6 Å². The highest BCUT2D eigenvalue weighted by molar-refractivity contribution is 8.00. The Morgan fingerprint density at radius 2 is 2.04 bits per heavy atom. The summed E-state index contributed by atoms with van der Waals surface area (Å²) in [5.41, 5.74) is 0.605. The summed E-state index contributed by atoms with van der Waals surface area (Å²) >= 11 is 1.51. The topological polar surface area (TPSA) is 75.3 Å². The van der Waals surface area contributed by atoms with Gasteiger partial charge >= 0.3 is 0 Å². The van der Waals surface area contributed by atoms with E-state index in [2.05, 4.69) is 10.0 Å². The van der Waals surface area contributed by atoms with Gasteiger partial charge in [0.2, 0.25) is 5.91 Å². The van der Waals surface area contributed by atoms with E-state index in [0.717, 1.165) is 11.0 Å². The molecule has 1 heterocycles. The van der Waals surface area contributed by atoms with Crippen molar-refractivity contribution in [3.63, 3.8) is 0 Å². The summed E-state index contributed by atoms with van der Waals surface area (Å²) in [5.74, 6) is -0.684. The van der Waals surface area contributed by atoms with Crippen LogP contribution in [0.3, 0.4) is 0 Å². The number of amides is 1. The number of thioether (sulfide) groups is 1. The first-order valence-electron chi connectivity index (χ1n) is 7.22. The second-order valence-electron chi connectivity index (χ2n) is 5.45. The highest BCUT2D eigenvalue weighted by atomic mass is 32.2. The van der Waals surface area contributed by atoms with E-state index in [4.69, 9.17) is 0 Å². The Bertz CT molecular complexity index is 900. The van der Waals surface area contributed by atoms with Gasteiger partial charge in [0.05, 0.1) is 16.3 Å². The third-order valence-electron chi connectivity index (χ3n) is 3.41. The van der Waals surface area contributed by atoms with Gasteiger partial charge in [-0.3, -0.25) is 9.52 Å². The Morgan fingerprint density at radius 3 is 2.79 bits per heavy atom. The number of sulfonamides is 1. The van der Waals surface area contributed by atoms with Gasteiger partial charge in [0.1, 0.15) is 5.82 Å². The zero-order valence-corrected chi connectivity index (χ0v) is 14.4.